The summed E-state index contributed by atoms with van der Waals surface area (Å²) in [6, 6.07) is 0. The molecule has 1 rings (SSSR count). The lowest BCUT2D eigenvalue weighted by molar-refractivity contribution is -0.0456. The quantitative estimate of drug-likeness (QED) is 0.726. The van der Waals surface area contributed by atoms with E-state index in [1.165, 1.54) is 0 Å². The Hall–Kier alpha value is 0.220. The maximum absolute atomic E-state index is 11.9. The van der Waals surface area contributed by atoms with Crippen LogP contribution in [0.2, 0.25) is 0 Å². The minimum Gasteiger partial charge on any atom is -0.219 e. The Morgan fingerprint density at radius 2 is 1.77 bits per heavy atom. The van der Waals surface area contributed by atoms with Crippen molar-refractivity contribution in [2.45, 2.75) is 23.6 Å². The molecule has 0 spiro atoms. The van der Waals surface area contributed by atoms with E-state index in [1.807, 2.05) is 0 Å². The van der Waals surface area contributed by atoms with E-state index in [9.17, 15) is 21.6 Å². The van der Waals surface area contributed by atoms with Gasteiger partial charge < -0.3 is 0 Å². The molecule has 0 saturated heterocycles. The normalized spacial score (nSPS) is 29.8. The van der Waals surface area contributed by atoms with Crippen molar-refractivity contribution < 1.29 is 21.6 Å². The fourth-order valence-corrected chi connectivity index (χ4v) is 3.20. The van der Waals surface area contributed by atoms with Crippen LogP contribution >= 0.6 is 15.9 Å². The fraction of sp³-hybridized carbons (Fsp3) is 1.00. The van der Waals surface area contributed by atoms with E-state index < -0.39 is 20.6 Å². The van der Waals surface area contributed by atoms with Crippen LogP contribution in [0.5, 0.6) is 0 Å². The van der Waals surface area contributed by atoms with Gasteiger partial charge in [0, 0.05) is 5.33 Å². The summed E-state index contributed by atoms with van der Waals surface area (Å²) in [7, 11) is -4.90. The maximum Gasteiger partial charge on any atom is 0.497 e. The van der Waals surface area contributed by atoms with Crippen LogP contribution in [0.1, 0.15) is 12.8 Å². The van der Waals surface area contributed by atoms with Crippen LogP contribution in [-0.4, -0.2) is 24.5 Å². The van der Waals surface area contributed by atoms with E-state index in [2.05, 4.69) is 15.9 Å². The van der Waals surface area contributed by atoms with Crippen molar-refractivity contribution in [2.24, 2.45) is 5.92 Å². The summed E-state index contributed by atoms with van der Waals surface area (Å²) in [4.78, 5) is 0. The highest BCUT2D eigenvalue weighted by molar-refractivity contribution is 9.09. The van der Waals surface area contributed by atoms with Crippen molar-refractivity contribution in [3.05, 3.63) is 0 Å². The van der Waals surface area contributed by atoms with E-state index >= 15 is 0 Å². The Morgan fingerprint density at radius 1 is 1.31 bits per heavy atom. The van der Waals surface area contributed by atoms with E-state index in [4.69, 9.17) is 0 Å². The molecule has 0 aromatic carbocycles. The number of hydrogen-bond acceptors (Lipinski definition) is 2. The zero-order valence-electron chi connectivity index (χ0n) is 6.51. The molecule has 0 aromatic rings. The molecule has 1 aliphatic rings. The van der Waals surface area contributed by atoms with E-state index in [1.54, 1.807) is 0 Å². The average Bonchev–Trinajstić information content (AvgIpc) is 1.81. The summed E-state index contributed by atoms with van der Waals surface area (Å²) in [5.41, 5.74) is -5.09. The Balaban J connectivity index is 2.66. The Morgan fingerprint density at radius 3 is 2.08 bits per heavy atom. The molecule has 0 N–H and O–H groups in total. The van der Waals surface area contributed by atoms with Gasteiger partial charge in [-0.1, -0.05) is 15.9 Å². The second-order valence-corrected chi connectivity index (χ2v) is 5.97. The summed E-state index contributed by atoms with van der Waals surface area (Å²) in [5, 5.41) is -0.647. The Bertz CT molecular complexity index is 279. The molecule has 0 bridgehead atoms. The van der Waals surface area contributed by atoms with E-state index in [-0.39, 0.29) is 18.8 Å². The lowest BCUT2D eigenvalue weighted by atomic mass is 9.87. The molecule has 0 radical (unpaired) electrons. The van der Waals surface area contributed by atoms with E-state index in [0.717, 1.165) is 0 Å². The molecular weight excluding hydrogens is 273 g/mol. The summed E-state index contributed by atoms with van der Waals surface area (Å²) in [5.74, 6) is 0.0714. The van der Waals surface area contributed by atoms with E-state index in [0.29, 0.717) is 5.33 Å². The van der Waals surface area contributed by atoms with Gasteiger partial charge in [-0.05, 0) is 18.8 Å². The largest absolute Gasteiger partial charge is 0.497 e. The molecular formula is C6H8BrF3O2S. The number of sulfone groups is 1. The highest BCUT2D eigenvalue weighted by Crippen LogP contribution is 2.40. The van der Waals surface area contributed by atoms with Gasteiger partial charge in [0.2, 0.25) is 0 Å². The minimum atomic E-state index is -5.09. The fourth-order valence-electron chi connectivity index (χ4n) is 1.24. The molecule has 1 aliphatic carbocycles. The molecule has 2 nitrogen and oxygen atoms in total. The van der Waals surface area contributed by atoms with Crippen LogP contribution < -0.4 is 0 Å². The Kier molecular flexibility index (Phi) is 2.97. The molecule has 13 heavy (non-hydrogen) atoms. The summed E-state index contributed by atoms with van der Waals surface area (Å²) < 4.78 is 57.3. The first kappa shape index (κ1) is 11.3. The second kappa shape index (κ2) is 3.42. The van der Waals surface area contributed by atoms with Crippen LogP contribution in [-0.2, 0) is 9.84 Å². The standard InChI is InChI=1S/C6H8BrF3O2S/c7-3-4-1-5(2-4)13(11,12)6(8,9)10/h4-5H,1-3H2. The molecule has 78 valence electrons. The van der Waals surface area contributed by atoms with Crippen LogP contribution in [0.25, 0.3) is 0 Å². The van der Waals surface area contributed by atoms with Gasteiger partial charge in [0.05, 0.1) is 5.25 Å². The first-order valence-corrected chi connectivity index (χ1v) is 6.32. The third-order valence-electron chi connectivity index (χ3n) is 2.17. The lowest BCUT2D eigenvalue weighted by Gasteiger charge is -2.33. The first-order valence-electron chi connectivity index (χ1n) is 3.65. The van der Waals surface area contributed by atoms with Crippen LogP contribution in [0.15, 0.2) is 0 Å². The first-order chi connectivity index (χ1) is 5.79. The van der Waals surface area contributed by atoms with Crippen molar-refractivity contribution in [2.75, 3.05) is 5.33 Å². The van der Waals surface area contributed by atoms with Gasteiger partial charge in [0.15, 0.2) is 0 Å². The third kappa shape index (κ3) is 2.01. The molecule has 0 heterocycles. The van der Waals surface area contributed by atoms with Crippen LogP contribution in [0, 0.1) is 5.92 Å². The van der Waals surface area contributed by atoms with Crippen molar-refractivity contribution >= 4 is 25.8 Å². The van der Waals surface area contributed by atoms with Gasteiger partial charge in [-0.3, -0.25) is 0 Å². The predicted octanol–water partition coefficient (Wildman–Crippen LogP) is 2.09. The van der Waals surface area contributed by atoms with Crippen molar-refractivity contribution in [1.82, 2.24) is 0 Å². The third-order valence-corrected chi connectivity index (χ3v) is 5.00. The minimum absolute atomic E-state index is 0.0714. The number of rotatable bonds is 2. The smallest absolute Gasteiger partial charge is 0.219 e. The van der Waals surface area contributed by atoms with Gasteiger partial charge >= 0.3 is 5.51 Å². The molecule has 0 aliphatic heterocycles. The second-order valence-electron chi connectivity index (χ2n) is 3.10. The van der Waals surface area contributed by atoms with Gasteiger partial charge in [0.1, 0.15) is 0 Å². The number of alkyl halides is 4. The van der Waals surface area contributed by atoms with Gasteiger partial charge in [-0.15, -0.1) is 0 Å². The lowest BCUT2D eigenvalue weighted by Crippen LogP contribution is -2.43. The predicted molar refractivity (Wildman–Crippen MR) is 45.3 cm³/mol. The van der Waals surface area contributed by atoms with Crippen molar-refractivity contribution in [3.63, 3.8) is 0 Å². The van der Waals surface area contributed by atoms with Gasteiger partial charge in [0.25, 0.3) is 9.84 Å². The highest BCUT2D eigenvalue weighted by atomic mass is 79.9. The van der Waals surface area contributed by atoms with Gasteiger partial charge in [-0.25, -0.2) is 8.42 Å². The van der Waals surface area contributed by atoms with Crippen LogP contribution in [0.3, 0.4) is 0 Å². The summed E-state index contributed by atoms with van der Waals surface area (Å²) in [6.07, 6.45) is 0.236. The van der Waals surface area contributed by atoms with Crippen molar-refractivity contribution in [1.29, 1.82) is 0 Å². The molecule has 7 heteroatoms. The summed E-state index contributed by atoms with van der Waals surface area (Å²) >= 11 is 3.09. The zero-order valence-corrected chi connectivity index (χ0v) is 8.92. The molecule has 0 amide bonds. The average molecular weight is 281 g/mol. The zero-order chi connectivity index (χ0) is 10.3. The maximum atomic E-state index is 11.9. The molecule has 0 aromatic heterocycles. The van der Waals surface area contributed by atoms with Crippen molar-refractivity contribution in [3.8, 4) is 0 Å². The van der Waals surface area contributed by atoms with Gasteiger partial charge in [-0.2, -0.15) is 13.2 Å². The Labute approximate surface area is 82.5 Å². The number of halogens is 4. The molecule has 0 atom stereocenters. The SMILES string of the molecule is O=S(=O)(C1CC(CBr)C1)C(F)(F)F. The molecule has 0 unspecified atom stereocenters. The molecule has 1 fully saturated rings. The molecule has 1 saturated carbocycles. The topological polar surface area (TPSA) is 34.1 Å². The number of hydrogen-bond donors (Lipinski definition) is 0. The highest BCUT2D eigenvalue weighted by Gasteiger charge is 2.54. The monoisotopic (exact) mass is 280 g/mol. The van der Waals surface area contributed by atoms with Crippen LogP contribution in [0.4, 0.5) is 13.2 Å². The summed E-state index contributed by atoms with van der Waals surface area (Å²) in [6.45, 7) is 0.